The Morgan fingerprint density at radius 2 is 2.46 bits per heavy atom. The van der Waals surface area contributed by atoms with Crippen LogP contribution in [0.1, 0.15) is 37.9 Å². The van der Waals surface area contributed by atoms with Crippen LogP contribution in [0, 0.1) is 5.92 Å². The second-order valence-electron chi connectivity index (χ2n) is 3.77. The van der Waals surface area contributed by atoms with Gasteiger partial charge in [-0.05, 0) is 25.0 Å². The molecule has 2 atom stereocenters. The van der Waals surface area contributed by atoms with E-state index in [9.17, 15) is 4.79 Å². The first-order valence-electron chi connectivity index (χ1n) is 4.85. The standard InChI is InChI=1S/C11H14O2/c1-8(11-6-3-7-13-11)9-4-2-5-10(9)12/h3,6-9H,2,4-5H2,1H3. The lowest BCUT2D eigenvalue weighted by atomic mass is 9.90. The Balaban J connectivity index is 2.13. The van der Waals surface area contributed by atoms with Crippen molar-refractivity contribution in [3.05, 3.63) is 24.2 Å². The Hall–Kier alpha value is -1.05. The van der Waals surface area contributed by atoms with Gasteiger partial charge in [0.1, 0.15) is 11.5 Å². The second-order valence-corrected chi connectivity index (χ2v) is 3.77. The van der Waals surface area contributed by atoms with Crippen LogP contribution >= 0.6 is 0 Å². The van der Waals surface area contributed by atoms with Crippen LogP contribution in [-0.4, -0.2) is 5.78 Å². The largest absolute Gasteiger partial charge is 0.469 e. The minimum Gasteiger partial charge on any atom is -0.469 e. The van der Waals surface area contributed by atoms with E-state index in [0.29, 0.717) is 5.78 Å². The Kier molecular flexibility index (Phi) is 2.21. The first-order chi connectivity index (χ1) is 6.29. The highest BCUT2D eigenvalue weighted by Crippen LogP contribution is 2.34. The topological polar surface area (TPSA) is 30.2 Å². The zero-order valence-electron chi connectivity index (χ0n) is 7.82. The van der Waals surface area contributed by atoms with Crippen molar-refractivity contribution in [3.63, 3.8) is 0 Å². The Morgan fingerprint density at radius 1 is 1.62 bits per heavy atom. The highest BCUT2D eigenvalue weighted by Gasteiger charge is 2.31. The van der Waals surface area contributed by atoms with E-state index in [1.807, 2.05) is 12.1 Å². The molecule has 2 nitrogen and oxygen atoms in total. The first kappa shape index (κ1) is 8.54. The molecule has 0 bridgehead atoms. The van der Waals surface area contributed by atoms with Gasteiger partial charge in [0.2, 0.25) is 0 Å². The lowest BCUT2D eigenvalue weighted by Gasteiger charge is -2.14. The van der Waals surface area contributed by atoms with Crippen molar-refractivity contribution in [1.29, 1.82) is 0 Å². The zero-order valence-corrected chi connectivity index (χ0v) is 7.82. The van der Waals surface area contributed by atoms with Crippen molar-refractivity contribution in [2.75, 3.05) is 0 Å². The fraction of sp³-hybridized carbons (Fsp3) is 0.545. The van der Waals surface area contributed by atoms with Crippen molar-refractivity contribution < 1.29 is 9.21 Å². The molecule has 0 aliphatic heterocycles. The quantitative estimate of drug-likeness (QED) is 0.697. The number of rotatable bonds is 2. The predicted octanol–water partition coefficient (Wildman–Crippen LogP) is 2.75. The van der Waals surface area contributed by atoms with Crippen LogP contribution in [0.3, 0.4) is 0 Å². The summed E-state index contributed by atoms with van der Waals surface area (Å²) in [5.74, 6) is 1.81. The van der Waals surface area contributed by atoms with Crippen LogP contribution in [0.25, 0.3) is 0 Å². The SMILES string of the molecule is CC(c1ccco1)C1CCCC1=O. The molecule has 0 spiro atoms. The molecular formula is C11H14O2. The molecule has 1 aliphatic rings. The maximum atomic E-state index is 11.5. The van der Waals surface area contributed by atoms with Crippen LogP contribution in [0.5, 0.6) is 0 Å². The normalized spacial score (nSPS) is 25.0. The molecule has 0 saturated heterocycles. The van der Waals surface area contributed by atoms with Gasteiger partial charge in [0.15, 0.2) is 0 Å². The summed E-state index contributed by atoms with van der Waals surface area (Å²) in [5, 5.41) is 0. The molecule has 1 saturated carbocycles. The zero-order chi connectivity index (χ0) is 9.26. The first-order valence-corrected chi connectivity index (χ1v) is 4.85. The van der Waals surface area contributed by atoms with Crippen molar-refractivity contribution in [2.24, 2.45) is 5.92 Å². The Bertz CT molecular complexity index is 287. The summed E-state index contributed by atoms with van der Waals surface area (Å²) in [6.45, 7) is 2.08. The average molecular weight is 178 g/mol. The van der Waals surface area contributed by atoms with E-state index in [4.69, 9.17) is 4.42 Å². The van der Waals surface area contributed by atoms with Gasteiger partial charge in [0.25, 0.3) is 0 Å². The monoisotopic (exact) mass is 178 g/mol. The minimum absolute atomic E-state index is 0.200. The van der Waals surface area contributed by atoms with Crippen molar-refractivity contribution >= 4 is 5.78 Å². The van der Waals surface area contributed by atoms with Gasteiger partial charge in [-0.25, -0.2) is 0 Å². The summed E-state index contributed by atoms with van der Waals surface area (Å²) >= 11 is 0. The number of ketones is 1. The molecule has 70 valence electrons. The fourth-order valence-electron chi connectivity index (χ4n) is 2.12. The molecule has 2 unspecified atom stereocenters. The van der Waals surface area contributed by atoms with E-state index in [1.54, 1.807) is 6.26 Å². The summed E-state index contributed by atoms with van der Waals surface area (Å²) in [6, 6.07) is 3.83. The van der Waals surface area contributed by atoms with E-state index in [-0.39, 0.29) is 11.8 Å². The van der Waals surface area contributed by atoms with Gasteiger partial charge < -0.3 is 4.42 Å². The highest BCUT2D eigenvalue weighted by atomic mass is 16.3. The van der Waals surface area contributed by atoms with Crippen LogP contribution < -0.4 is 0 Å². The number of carbonyl (C=O) groups excluding carboxylic acids is 1. The van der Waals surface area contributed by atoms with E-state index in [1.165, 1.54) is 0 Å². The van der Waals surface area contributed by atoms with Crippen LogP contribution in [0.4, 0.5) is 0 Å². The molecule has 1 aromatic rings. The average Bonchev–Trinajstić information content (AvgIpc) is 2.72. The number of carbonyl (C=O) groups is 1. The summed E-state index contributed by atoms with van der Waals surface area (Å²) < 4.78 is 5.30. The van der Waals surface area contributed by atoms with Crippen molar-refractivity contribution in [3.8, 4) is 0 Å². The summed E-state index contributed by atoms with van der Waals surface area (Å²) in [6.07, 6.45) is 4.51. The van der Waals surface area contributed by atoms with Gasteiger partial charge in [-0.2, -0.15) is 0 Å². The molecule has 0 aromatic carbocycles. The third kappa shape index (κ3) is 1.53. The lowest BCUT2D eigenvalue weighted by molar-refractivity contribution is -0.121. The second kappa shape index (κ2) is 3.36. The Morgan fingerprint density at radius 3 is 3.00 bits per heavy atom. The smallest absolute Gasteiger partial charge is 0.136 e. The van der Waals surface area contributed by atoms with Gasteiger partial charge in [0.05, 0.1) is 6.26 Å². The van der Waals surface area contributed by atoms with E-state index < -0.39 is 0 Å². The van der Waals surface area contributed by atoms with Gasteiger partial charge in [-0.15, -0.1) is 0 Å². The number of furan rings is 1. The van der Waals surface area contributed by atoms with Gasteiger partial charge in [-0.3, -0.25) is 4.79 Å². The summed E-state index contributed by atoms with van der Waals surface area (Å²) in [7, 11) is 0. The summed E-state index contributed by atoms with van der Waals surface area (Å²) in [4.78, 5) is 11.5. The number of hydrogen-bond donors (Lipinski definition) is 0. The van der Waals surface area contributed by atoms with Crippen molar-refractivity contribution in [2.45, 2.75) is 32.1 Å². The van der Waals surface area contributed by atoms with Crippen LogP contribution in [-0.2, 0) is 4.79 Å². The molecule has 0 amide bonds. The van der Waals surface area contributed by atoms with E-state index in [2.05, 4.69) is 6.92 Å². The molecule has 13 heavy (non-hydrogen) atoms. The molecule has 2 rings (SSSR count). The molecule has 1 fully saturated rings. The summed E-state index contributed by atoms with van der Waals surface area (Å²) in [5.41, 5.74) is 0. The third-order valence-corrected chi connectivity index (χ3v) is 2.95. The molecule has 0 radical (unpaired) electrons. The maximum Gasteiger partial charge on any atom is 0.136 e. The molecular weight excluding hydrogens is 164 g/mol. The molecule has 1 aliphatic carbocycles. The third-order valence-electron chi connectivity index (χ3n) is 2.95. The molecule has 1 heterocycles. The molecule has 2 heteroatoms. The van der Waals surface area contributed by atoms with Crippen molar-refractivity contribution in [1.82, 2.24) is 0 Å². The number of hydrogen-bond acceptors (Lipinski definition) is 2. The van der Waals surface area contributed by atoms with Crippen LogP contribution in [0.15, 0.2) is 22.8 Å². The van der Waals surface area contributed by atoms with Gasteiger partial charge in [0, 0.05) is 18.3 Å². The van der Waals surface area contributed by atoms with E-state index >= 15 is 0 Å². The highest BCUT2D eigenvalue weighted by molar-refractivity contribution is 5.83. The minimum atomic E-state index is 0.200. The molecule has 0 N–H and O–H groups in total. The maximum absolute atomic E-state index is 11.5. The lowest BCUT2D eigenvalue weighted by Crippen LogP contribution is -2.13. The molecule has 1 aromatic heterocycles. The predicted molar refractivity (Wildman–Crippen MR) is 49.5 cm³/mol. The van der Waals surface area contributed by atoms with E-state index in [0.717, 1.165) is 25.0 Å². The van der Waals surface area contributed by atoms with Gasteiger partial charge >= 0.3 is 0 Å². The fourth-order valence-corrected chi connectivity index (χ4v) is 2.12. The van der Waals surface area contributed by atoms with Crippen LogP contribution in [0.2, 0.25) is 0 Å². The number of Topliss-reactive ketones (excluding diaryl/α,β-unsaturated/α-hetero) is 1. The van der Waals surface area contributed by atoms with Gasteiger partial charge in [-0.1, -0.05) is 6.92 Å². The Labute approximate surface area is 77.9 Å².